The number of nitrogens with zero attached hydrogens (tertiary/aromatic N) is 1. The molecule has 0 saturated carbocycles. The maximum atomic E-state index is 12.2. The number of carbonyl (C=O) groups excluding carboxylic acids is 1. The smallest absolute Gasteiger partial charge is 0.246 e. The highest BCUT2D eigenvalue weighted by Gasteiger charge is 2.19. The van der Waals surface area contributed by atoms with Crippen molar-refractivity contribution in [2.45, 2.75) is 18.9 Å². The maximum absolute atomic E-state index is 12.2. The van der Waals surface area contributed by atoms with Crippen molar-refractivity contribution in [3.63, 3.8) is 0 Å². The summed E-state index contributed by atoms with van der Waals surface area (Å²) in [5.74, 6) is -0.0448. The molecule has 4 heteroatoms. The third-order valence-electron chi connectivity index (χ3n) is 3.50. The topological polar surface area (TPSA) is 52.6 Å². The number of hydrogen-bond donors (Lipinski definition) is 2. The van der Waals surface area contributed by atoms with Gasteiger partial charge in [0.05, 0.1) is 6.61 Å². The number of carbonyl (C=O) groups is 1. The van der Waals surface area contributed by atoms with Gasteiger partial charge in [0.25, 0.3) is 0 Å². The molecule has 1 atom stereocenters. The van der Waals surface area contributed by atoms with Gasteiger partial charge in [0.2, 0.25) is 5.91 Å². The van der Waals surface area contributed by atoms with Gasteiger partial charge in [0.15, 0.2) is 0 Å². The van der Waals surface area contributed by atoms with E-state index in [2.05, 4.69) is 5.32 Å². The van der Waals surface area contributed by atoms with Crippen molar-refractivity contribution in [1.82, 2.24) is 10.2 Å². The van der Waals surface area contributed by atoms with Gasteiger partial charge in [-0.25, -0.2) is 0 Å². The monoisotopic (exact) mass is 274 g/mol. The van der Waals surface area contributed by atoms with Crippen LogP contribution in [0.25, 0.3) is 6.08 Å². The van der Waals surface area contributed by atoms with Crippen molar-refractivity contribution < 1.29 is 9.90 Å². The highest BCUT2D eigenvalue weighted by Crippen LogP contribution is 2.08. The third kappa shape index (κ3) is 4.47. The molecule has 1 aromatic carbocycles. The second-order valence-corrected chi connectivity index (χ2v) is 5.05. The minimum Gasteiger partial charge on any atom is -0.395 e. The number of benzene rings is 1. The van der Waals surface area contributed by atoms with Crippen LogP contribution in [-0.2, 0) is 4.79 Å². The molecule has 1 aliphatic rings. The van der Waals surface area contributed by atoms with E-state index < -0.39 is 0 Å². The highest BCUT2D eigenvalue weighted by atomic mass is 16.3. The highest BCUT2D eigenvalue weighted by molar-refractivity contribution is 5.91. The Bertz CT molecular complexity index is 439. The van der Waals surface area contributed by atoms with E-state index in [1.165, 1.54) is 0 Å². The molecule has 0 aliphatic carbocycles. The molecule has 1 amide bonds. The number of aliphatic hydroxyl groups excluding tert-OH is 1. The number of nitrogens with one attached hydrogen (secondary N) is 1. The van der Waals surface area contributed by atoms with E-state index in [1.807, 2.05) is 36.4 Å². The van der Waals surface area contributed by atoms with Crippen molar-refractivity contribution in [3.8, 4) is 0 Å². The van der Waals surface area contributed by atoms with E-state index in [-0.39, 0.29) is 12.5 Å². The van der Waals surface area contributed by atoms with Crippen LogP contribution in [0.3, 0.4) is 0 Å². The van der Waals surface area contributed by atoms with Crippen LogP contribution in [-0.4, -0.2) is 48.2 Å². The third-order valence-corrected chi connectivity index (χ3v) is 3.50. The molecule has 0 bridgehead atoms. The minimum atomic E-state index is -0.0448. The van der Waals surface area contributed by atoms with Crippen molar-refractivity contribution in [2.75, 3.05) is 26.2 Å². The number of aliphatic hydroxyl groups is 1. The molecule has 0 aromatic heterocycles. The first kappa shape index (κ1) is 14.8. The van der Waals surface area contributed by atoms with Crippen molar-refractivity contribution in [1.29, 1.82) is 0 Å². The molecule has 108 valence electrons. The molecule has 1 unspecified atom stereocenters. The SMILES string of the molecule is O=C(/C=C/c1ccccc1)N(CCO)CC1CCCN1. The molecule has 4 nitrogen and oxygen atoms in total. The summed E-state index contributed by atoms with van der Waals surface area (Å²) < 4.78 is 0. The van der Waals surface area contributed by atoms with Gasteiger partial charge in [-0.3, -0.25) is 4.79 Å². The van der Waals surface area contributed by atoms with E-state index in [1.54, 1.807) is 11.0 Å². The van der Waals surface area contributed by atoms with E-state index in [0.717, 1.165) is 24.9 Å². The summed E-state index contributed by atoms with van der Waals surface area (Å²) in [4.78, 5) is 13.9. The Hall–Kier alpha value is -1.65. The summed E-state index contributed by atoms with van der Waals surface area (Å²) in [6.45, 7) is 2.07. The molecule has 2 N–H and O–H groups in total. The Kier molecular flexibility index (Phi) is 5.77. The molecular formula is C16H22N2O2. The lowest BCUT2D eigenvalue weighted by Crippen LogP contribution is -2.41. The van der Waals surface area contributed by atoms with Gasteiger partial charge in [-0.2, -0.15) is 0 Å². The lowest BCUT2D eigenvalue weighted by atomic mass is 10.2. The lowest BCUT2D eigenvalue weighted by Gasteiger charge is -2.24. The molecule has 1 heterocycles. The van der Waals surface area contributed by atoms with Gasteiger partial charge >= 0.3 is 0 Å². The zero-order valence-corrected chi connectivity index (χ0v) is 11.7. The molecule has 1 aliphatic heterocycles. The Morgan fingerprint density at radius 2 is 2.20 bits per heavy atom. The largest absolute Gasteiger partial charge is 0.395 e. The van der Waals surface area contributed by atoms with E-state index in [4.69, 9.17) is 5.11 Å². The standard InChI is InChI=1S/C16H22N2O2/c19-12-11-18(13-15-7-4-10-17-15)16(20)9-8-14-5-2-1-3-6-14/h1-3,5-6,8-9,15,17,19H,4,7,10-13H2/b9-8+. The van der Waals surface area contributed by atoms with Crippen LogP contribution in [0.5, 0.6) is 0 Å². The Labute approximate surface area is 120 Å². The molecule has 20 heavy (non-hydrogen) atoms. The summed E-state index contributed by atoms with van der Waals surface area (Å²) in [5.41, 5.74) is 1.00. The van der Waals surface area contributed by atoms with Gasteiger partial charge in [0.1, 0.15) is 0 Å². The normalized spacial score (nSPS) is 18.6. The van der Waals surface area contributed by atoms with Crippen molar-refractivity contribution in [3.05, 3.63) is 42.0 Å². The maximum Gasteiger partial charge on any atom is 0.246 e. The second-order valence-electron chi connectivity index (χ2n) is 5.05. The van der Waals surface area contributed by atoms with Crippen LogP contribution in [0, 0.1) is 0 Å². The van der Waals surface area contributed by atoms with Crippen LogP contribution in [0.2, 0.25) is 0 Å². The Morgan fingerprint density at radius 1 is 1.40 bits per heavy atom. The number of rotatable bonds is 6. The quantitative estimate of drug-likeness (QED) is 0.768. The van der Waals surface area contributed by atoms with Crippen molar-refractivity contribution >= 4 is 12.0 Å². The second kappa shape index (κ2) is 7.82. The summed E-state index contributed by atoms with van der Waals surface area (Å²) in [7, 11) is 0. The summed E-state index contributed by atoms with van der Waals surface area (Å²) >= 11 is 0. The number of hydrogen-bond acceptors (Lipinski definition) is 3. The lowest BCUT2D eigenvalue weighted by molar-refractivity contribution is -0.126. The molecular weight excluding hydrogens is 252 g/mol. The minimum absolute atomic E-state index is 0.00234. The fraction of sp³-hybridized carbons (Fsp3) is 0.438. The van der Waals surface area contributed by atoms with E-state index in [9.17, 15) is 4.79 Å². The first-order valence-electron chi connectivity index (χ1n) is 7.16. The molecule has 0 spiro atoms. The average molecular weight is 274 g/mol. The summed E-state index contributed by atoms with van der Waals surface area (Å²) in [5, 5.41) is 12.5. The van der Waals surface area contributed by atoms with Crippen LogP contribution in [0.15, 0.2) is 36.4 Å². The molecule has 0 radical (unpaired) electrons. The fourth-order valence-corrected chi connectivity index (χ4v) is 2.43. The van der Waals surface area contributed by atoms with Crippen LogP contribution in [0.1, 0.15) is 18.4 Å². The Morgan fingerprint density at radius 3 is 2.85 bits per heavy atom. The van der Waals surface area contributed by atoms with Crippen LogP contribution < -0.4 is 5.32 Å². The molecule has 1 aromatic rings. The predicted octanol–water partition coefficient (Wildman–Crippen LogP) is 1.27. The zero-order valence-electron chi connectivity index (χ0n) is 11.7. The first-order valence-corrected chi connectivity index (χ1v) is 7.16. The molecule has 1 saturated heterocycles. The number of amides is 1. The van der Waals surface area contributed by atoms with Crippen LogP contribution >= 0.6 is 0 Å². The zero-order chi connectivity index (χ0) is 14.2. The summed E-state index contributed by atoms with van der Waals surface area (Å²) in [6, 6.07) is 10.1. The van der Waals surface area contributed by atoms with Gasteiger partial charge < -0.3 is 15.3 Å². The molecule has 2 rings (SSSR count). The van der Waals surface area contributed by atoms with Gasteiger partial charge in [-0.05, 0) is 31.0 Å². The first-order chi connectivity index (χ1) is 9.79. The Balaban J connectivity index is 1.93. The van der Waals surface area contributed by atoms with Crippen molar-refractivity contribution in [2.24, 2.45) is 0 Å². The molecule has 1 fully saturated rings. The van der Waals surface area contributed by atoms with Gasteiger partial charge in [-0.15, -0.1) is 0 Å². The van der Waals surface area contributed by atoms with Gasteiger partial charge in [0, 0.05) is 25.2 Å². The van der Waals surface area contributed by atoms with Crippen LogP contribution in [0.4, 0.5) is 0 Å². The fourth-order valence-electron chi connectivity index (χ4n) is 2.43. The van der Waals surface area contributed by atoms with E-state index in [0.29, 0.717) is 19.1 Å². The van der Waals surface area contributed by atoms with E-state index >= 15 is 0 Å². The average Bonchev–Trinajstić information content (AvgIpc) is 2.98. The summed E-state index contributed by atoms with van der Waals surface area (Å²) in [6.07, 6.45) is 5.65. The predicted molar refractivity (Wildman–Crippen MR) is 80.2 cm³/mol. The van der Waals surface area contributed by atoms with Gasteiger partial charge in [-0.1, -0.05) is 30.3 Å².